The van der Waals surface area contributed by atoms with E-state index in [0.29, 0.717) is 23.3 Å². The zero-order valence-corrected chi connectivity index (χ0v) is 17.4. The van der Waals surface area contributed by atoms with Crippen LogP contribution < -0.4 is 4.74 Å². The van der Waals surface area contributed by atoms with E-state index in [1.165, 1.54) is 6.07 Å². The first-order valence-corrected chi connectivity index (χ1v) is 10.0. The quantitative estimate of drug-likeness (QED) is 0.386. The van der Waals surface area contributed by atoms with Crippen molar-refractivity contribution in [3.8, 4) is 28.0 Å². The van der Waals surface area contributed by atoms with Crippen molar-refractivity contribution in [1.82, 2.24) is 0 Å². The van der Waals surface area contributed by atoms with E-state index in [0.717, 1.165) is 28.3 Å². The van der Waals surface area contributed by atoms with Crippen molar-refractivity contribution < 1.29 is 23.8 Å². The first-order chi connectivity index (χ1) is 15.0. The summed E-state index contributed by atoms with van der Waals surface area (Å²) in [5.74, 6) is -0.276. The molecule has 3 rings (SSSR count). The summed E-state index contributed by atoms with van der Waals surface area (Å²) in [6, 6.07) is 18.5. The minimum Gasteiger partial charge on any atom is -0.491 e. The molecule has 0 unspecified atom stereocenters. The molecule has 0 spiro atoms. The molecule has 0 aliphatic rings. The number of aliphatic hydroxyl groups excluding tert-OH is 1. The molecule has 0 radical (unpaired) electrons. The van der Waals surface area contributed by atoms with Crippen LogP contribution in [0.4, 0.5) is 4.39 Å². The zero-order valence-electron chi connectivity index (χ0n) is 17.4. The van der Waals surface area contributed by atoms with Crippen molar-refractivity contribution in [3.05, 3.63) is 90.3 Å². The molecule has 5 heteroatoms. The molecule has 160 valence electrons. The van der Waals surface area contributed by atoms with Gasteiger partial charge in [-0.05, 0) is 47.4 Å². The Labute approximate surface area is 181 Å². The van der Waals surface area contributed by atoms with Gasteiger partial charge in [-0.15, -0.1) is 0 Å². The number of rotatable bonds is 9. The molecule has 0 aromatic heterocycles. The fraction of sp³-hybridized carbons (Fsp3) is 0.192. The Kier molecular flexibility index (Phi) is 7.57. The van der Waals surface area contributed by atoms with Crippen LogP contribution in [-0.2, 0) is 16.0 Å². The lowest BCUT2D eigenvalue weighted by Crippen LogP contribution is -2.08. The van der Waals surface area contributed by atoms with Gasteiger partial charge in [-0.25, -0.2) is 9.18 Å². The number of carbonyl (C=O) groups excluding carboxylic acids is 1. The second-order valence-corrected chi connectivity index (χ2v) is 7.08. The molecule has 0 aliphatic heterocycles. The highest BCUT2D eigenvalue weighted by Gasteiger charge is 2.12. The number of aliphatic hydroxyl groups is 1. The largest absolute Gasteiger partial charge is 0.491 e. The summed E-state index contributed by atoms with van der Waals surface area (Å²) in [5.41, 5.74) is 4.82. The molecule has 0 bridgehead atoms. The van der Waals surface area contributed by atoms with Crippen LogP contribution in [0.2, 0.25) is 0 Å². The third kappa shape index (κ3) is 5.80. The molecule has 0 fully saturated rings. The summed E-state index contributed by atoms with van der Waals surface area (Å²) in [5, 5.41) is 9.05. The second kappa shape index (κ2) is 10.5. The number of halogens is 1. The van der Waals surface area contributed by atoms with Crippen LogP contribution >= 0.6 is 0 Å². The maximum Gasteiger partial charge on any atom is 0.330 e. The molecule has 0 saturated heterocycles. The summed E-state index contributed by atoms with van der Waals surface area (Å²) in [6.45, 7) is 5.54. The topological polar surface area (TPSA) is 55.8 Å². The van der Waals surface area contributed by atoms with Crippen LogP contribution in [0, 0.1) is 12.7 Å². The normalized spacial score (nSPS) is 10.5. The monoisotopic (exact) mass is 420 g/mol. The standard InChI is InChI=1S/C26H25FO4/c1-3-26(29)31-14-12-22-16-21(9-11-25(22)30-15-13-28)23-10-8-20(17-24(23)27)19-6-4-18(2)5-7-19/h3-11,16-17,28H,1,12-15H2,2H3. The van der Waals surface area contributed by atoms with Crippen LogP contribution in [0.5, 0.6) is 5.75 Å². The van der Waals surface area contributed by atoms with Gasteiger partial charge in [-0.1, -0.05) is 54.6 Å². The fourth-order valence-electron chi connectivity index (χ4n) is 3.23. The van der Waals surface area contributed by atoms with Gasteiger partial charge in [-0.3, -0.25) is 0 Å². The fourth-order valence-corrected chi connectivity index (χ4v) is 3.23. The summed E-state index contributed by atoms with van der Waals surface area (Å²) < 4.78 is 25.6. The average Bonchev–Trinajstić information content (AvgIpc) is 2.78. The van der Waals surface area contributed by atoms with E-state index in [1.54, 1.807) is 18.2 Å². The minimum atomic E-state index is -0.508. The molecule has 0 saturated carbocycles. The van der Waals surface area contributed by atoms with Gasteiger partial charge in [0.2, 0.25) is 0 Å². The van der Waals surface area contributed by atoms with E-state index in [4.69, 9.17) is 14.6 Å². The number of carbonyl (C=O) groups is 1. The molecule has 0 heterocycles. The van der Waals surface area contributed by atoms with Crippen LogP contribution in [0.15, 0.2) is 73.3 Å². The third-order valence-corrected chi connectivity index (χ3v) is 4.86. The molecular weight excluding hydrogens is 395 g/mol. The van der Waals surface area contributed by atoms with Crippen LogP contribution in [0.25, 0.3) is 22.3 Å². The first kappa shape index (κ1) is 22.2. The summed E-state index contributed by atoms with van der Waals surface area (Å²) in [7, 11) is 0. The van der Waals surface area contributed by atoms with Crippen molar-refractivity contribution in [2.45, 2.75) is 13.3 Å². The lowest BCUT2D eigenvalue weighted by atomic mass is 9.97. The predicted molar refractivity (Wildman–Crippen MR) is 119 cm³/mol. The highest BCUT2D eigenvalue weighted by atomic mass is 19.1. The summed E-state index contributed by atoms with van der Waals surface area (Å²) in [4.78, 5) is 11.3. The molecule has 1 N–H and O–H groups in total. The Morgan fingerprint density at radius 3 is 2.39 bits per heavy atom. The minimum absolute atomic E-state index is 0.123. The molecule has 31 heavy (non-hydrogen) atoms. The maximum atomic E-state index is 15.0. The van der Waals surface area contributed by atoms with E-state index in [1.807, 2.05) is 43.3 Å². The van der Waals surface area contributed by atoms with Gasteiger partial charge in [0, 0.05) is 18.1 Å². The van der Waals surface area contributed by atoms with Gasteiger partial charge in [0.25, 0.3) is 0 Å². The predicted octanol–water partition coefficient (Wildman–Crippen LogP) is 5.11. The van der Waals surface area contributed by atoms with Gasteiger partial charge >= 0.3 is 5.97 Å². The molecular formula is C26H25FO4. The average molecular weight is 420 g/mol. The number of ether oxygens (including phenoxy) is 2. The molecule has 0 atom stereocenters. The smallest absolute Gasteiger partial charge is 0.330 e. The van der Waals surface area contributed by atoms with Gasteiger partial charge in [0.1, 0.15) is 18.2 Å². The molecule has 0 amide bonds. The number of aryl methyl sites for hydroxylation is 1. The SMILES string of the molecule is C=CC(=O)OCCc1cc(-c2ccc(-c3ccc(C)cc3)cc2F)ccc1OCCO. The van der Waals surface area contributed by atoms with Gasteiger partial charge in [0.05, 0.1) is 13.2 Å². The van der Waals surface area contributed by atoms with Crippen molar-refractivity contribution >= 4 is 5.97 Å². The van der Waals surface area contributed by atoms with E-state index < -0.39 is 5.97 Å². The lowest BCUT2D eigenvalue weighted by Gasteiger charge is -2.14. The van der Waals surface area contributed by atoms with Gasteiger partial charge in [-0.2, -0.15) is 0 Å². The van der Waals surface area contributed by atoms with Crippen LogP contribution in [0.1, 0.15) is 11.1 Å². The highest BCUT2D eigenvalue weighted by molar-refractivity contribution is 5.81. The Hall–Kier alpha value is -3.44. The first-order valence-electron chi connectivity index (χ1n) is 10.0. The van der Waals surface area contributed by atoms with Crippen LogP contribution in [0.3, 0.4) is 0 Å². The van der Waals surface area contributed by atoms with Gasteiger partial charge in [0.15, 0.2) is 0 Å². The number of benzene rings is 3. The zero-order chi connectivity index (χ0) is 22.2. The molecule has 3 aromatic carbocycles. The van der Waals surface area contributed by atoms with Crippen molar-refractivity contribution in [2.75, 3.05) is 19.8 Å². The second-order valence-electron chi connectivity index (χ2n) is 7.08. The van der Waals surface area contributed by atoms with Gasteiger partial charge < -0.3 is 14.6 Å². The molecule has 3 aromatic rings. The third-order valence-electron chi connectivity index (χ3n) is 4.86. The van der Waals surface area contributed by atoms with E-state index in [2.05, 4.69) is 6.58 Å². The Morgan fingerprint density at radius 1 is 1.00 bits per heavy atom. The van der Waals surface area contributed by atoms with Crippen molar-refractivity contribution in [1.29, 1.82) is 0 Å². The van der Waals surface area contributed by atoms with Crippen LogP contribution in [-0.4, -0.2) is 30.9 Å². The Balaban J connectivity index is 1.88. The number of hydrogen-bond donors (Lipinski definition) is 1. The maximum absolute atomic E-state index is 15.0. The van der Waals surface area contributed by atoms with E-state index in [9.17, 15) is 9.18 Å². The lowest BCUT2D eigenvalue weighted by molar-refractivity contribution is -0.137. The number of hydrogen-bond acceptors (Lipinski definition) is 4. The van der Waals surface area contributed by atoms with E-state index in [-0.39, 0.29) is 25.6 Å². The summed E-state index contributed by atoms with van der Waals surface area (Å²) in [6.07, 6.45) is 1.49. The summed E-state index contributed by atoms with van der Waals surface area (Å²) >= 11 is 0. The van der Waals surface area contributed by atoms with Crippen molar-refractivity contribution in [3.63, 3.8) is 0 Å². The molecule has 4 nitrogen and oxygen atoms in total. The highest BCUT2D eigenvalue weighted by Crippen LogP contribution is 2.31. The Morgan fingerprint density at radius 2 is 1.71 bits per heavy atom. The van der Waals surface area contributed by atoms with E-state index >= 15 is 0 Å². The van der Waals surface area contributed by atoms with Crippen molar-refractivity contribution in [2.24, 2.45) is 0 Å². The Bertz CT molecular complexity index is 1060. The number of esters is 1. The molecule has 0 aliphatic carbocycles.